The number of nitrogens with zero attached hydrogens (tertiary/aromatic N) is 2. The zero-order valence-electron chi connectivity index (χ0n) is 21.8. The molecule has 0 bridgehead atoms. The van der Waals surface area contributed by atoms with Gasteiger partial charge in [-0.3, -0.25) is 9.59 Å². The van der Waals surface area contributed by atoms with Crippen LogP contribution in [0.15, 0.2) is 115 Å². The second kappa shape index (κ2) is 9.86. The van der Waals surface area contributed by atoms with E-state index >= 15 is 0 Å². The molecule has 2 fully saturated rings. The Morgan fingerprint density at radius 1 is 0.707 bits per heavy atom. The lowest BCUT2D eigenvalue weighted by Gasteiger charge is -2.36. The first-order valence-corrected chi connectivity index (χ1v) is 13.5. The molecule has 6 nitrogen and oxygen atoms in total. The van der Waals surface area contributed by atoms with Crippen molar-refractivity contribution in [1.82, 2.24) is 0 Å². The molecule has 2 amide bonds. The van der Waals surface area contributed by atoms with Crippen molar-refractivity contribution < 1.29 is 23.5 Å². The van der Waals surface area contributed by atoms with Gasteiger partial charge in [0.15, 0.2) is 6.10 Å². The smallest absolute Gasteiger partial charge is 0.330 e. The summed E-state index contributed by atoms with van der Waals surface area (Å²) in [5.74, 6) is -4.37. The Balaban J connectivity index is 1.33. The second-order valence-corrected chi connectivity index (χ2v) is 10.4. The Bertz CT molecular complexity index is 1650. The zero-order valence-corrected chi connectivity index (χ0v) is 21.8. The van der Waals surface area contributed by atoms with Gasteiger partial charge in [0.25, 0.3) is 0 Å². The Morgan fingerprint density at radius 3 is 1.93 bits per heavy atom. The van der Waals surface area contributed by atoms with Gasteiger partial charge in [-0.25, -0.2) is 14.1 Å². The van der Waals surface area contributed by atoms with Crippen molar-refractivity contribution in [3.05, 3.63) is 138 Å². The molecule has 0 N–H and O–H groups in total. The largest absolute Gasteiger partial charge is 0.451 e. The molecule has 0 saturated carbocycles. The average molecular weight is 545 g/mol. The van der Waals surface area contributed by atoms with Gasteiger partial charge in [-0.15, -0.1) is 0 Å². The highest BCUT2D eigenvalue weighted by Crippen LogP contribution is 2.50. The van der Waals surface area contributed by atoms with Gasteiger partial charge in [-0.05, 0) is 34.9 Å². The molecule has 4 aromatic carbocycles. The Kier molecular flexibility index (Phi) is 6.00. The van der Waals surface area contributed by atoms with Gasteiger partial charge in [-0.2, -0.15) is 0 Å². The molecule has 7 heteroatoms. The molecule has 41 heavy (non-hydrogen) atoms. The van der Waals surface area contributed by atoms with Gasteiger partial charge in [0, 0.05) is 5.69 Å². The van der Waals surface area contributed by atoms with Gasteiger partial charge in [0.05, 0.1) is 23.6 Å². The highest BCUT2D eigenvalue weighted by molar-refractivity contribution is 6.24. The molecule has 2 saturated heterocycles. The van der Waals surface area contributed by atoms with Crippen molar-refractivity contribution in [3.63, 3.8) is 0 Å². The first-order valence-electron chi connectivity index (χ1n) is 13.5. The molecule has 0 spiro atoms. The van der Waals surface area contributed by atoms with Gasteiger partial charge < -0.3 is 9.64 Å². The van der Waals surface area contributed by atoms with Crippen LogP contribution in [0, 0.1) is 17.7 Å². The summed E-state index contributed by atoms with van der Waals surface area (Å²) in [4.78, 5) is 45.0. The maximum absolute atomic E-state index is 14.8. The SMILES string of the molecule is O=C(OC(c1ccccc1)c1ccccc1)[C@@H]1[C@@H]2C(=O)N(c3ccccc3F)C(=O)[C@H]2[C@@H]2C=Cc3ccccc3N12. The summed E-state index contributed by atoms with van der Waals surface area (Å²) < 4.78 is 21.1. The fourth-order valence-electron chi connectivity index (χ4n) is 6.42. The summed E-state index contributed by atoms with van der Waals surface area (Å²) in [6, 6.07) is 30.4. The number of para-hydroxylation sites is 2. The molecular weight excluding hydrogens is 519 g/mol. The van der Waals surface area contributed by atoms with Gasteiger partial charge in [0.1, 0.15) is 11.9 Å². The molecule has 4 atom stereocenters. The number of esters is 1. The lowest BCUT2D eigenvalue weighted by Crippen LogP contribution is -2.49. The molecule has 3 aliphatic heterocycles. The molecule has 3 aliphatic rings. The molecule has 4 aromatic rings. The van der Waals surface area contributed by atoms with Crippen LogP contribution in [0.2, 0.25) is 0 Å². The Hall–Kier alpha value is -5.04. The summed E-state index contributed by atoms with van der Waals surface area (Å²) in [6.45, 7) is 0. The van der Waals surface area contributed by atoms with E-state index < -0.39 is 53.6 Å². The van der Waals surface area contributed by atoms with Crippen LogP contribution in [0.3, 0.4) is 0 Å². The predicted octanol–water partition coefficient (Wildman–Crippen LogP) is 5.55. The minimum atomic E-state index is -1.10. The van der Waals surface area contributed by atoms with E-state index in [-0.39, 0.29) is 5.69 Å². The number of ether oxygens (including phenoxy) is 1. The van der Waals surface area contributed by atoms with E-state index in [0.717, 1.165) is 27.3 Å². The maximum atomic E-state index is 14.8. The summed E-state index contributed by atoms with van der Waals surface area (Å²) >= 11 is 0. The molecule has 0 unspecified atom stereocenters. The van der Waals surface area contributed by atoms with Gasteiger partial charge >= 0.3 is 5.97 Å². The van der Waals surface area contributed by atoms with Crippen LogP contribution in [0.4, 0.5) is 15.8 Å². The number of halogens is 1. The fourth-order valence-corrected chi connectivity index (χ4v) is 6.42. The van der Waals surface area contributed by atoms with E-state index in [9.17, 15) is 18.8 Å². The fraction of sp³-hybridized carbons (Fsp3) is 0.147. The van der Waals surface area contributed by atoms with Crippen molar-refractivity contribution in [1.29, 1.82) is 0 Å². The summed E-state index contributed by atoms with van der Waals surface area (Å²) in [5.41, 5.74) is 3.06. The first kappa shape index (κ1) is 25.0. The van der Waals surface area contributed by atoms with Gasteiger partial charge in [0.2, 0.25) is 11.8 Å². The third-order valence-corrected chi connectivity index (χ3v) is 8.19. The molecular formula is C34H25FN2O4. The molecule has 0 radical (unpaired) electrons. The quantitative estimate of drug-likeness (QED) is 0.244. The van der Waals surface area contributed by atoms with Crippen LogP contribution in [0.25, 0.3) is 6.08 Å². The maximum Gasteiger partial charge on any atom is 0.330 e. The van der Waals surface area contributed by atoms with E-state index in [0.29, 0.717) is 0 Å². The number of hydrogen-bond acceptors (Lipinski definition) is 5. The van der Waals surface area contributed by atoms with E-state index in [1.165, 1.54) is 18.2 Å². The van der Waals surface area contributed by atoms with Crippen molar-refractivity contribution in [2.75, 3.05) is 9.80 Å². The Labute approximate surface area is 236 Å². The first-order chi connectivity index (χ1) is 20.0. The van der Waals surface area contributed by atoms with Crippen molar-refractivity contribution in [2.45, 2.75) is 18.2 Å². The number of anilines is 2. The van der Waals surface area contributed by atoms with Crippen LogP contribution in [-0.2, 0) is 19.1 Å². The predicted molar refractivity (Wildman–Crippen MR) is 152 cm³/mol. The summed E-state index contributed by atoms with van der Waals surface area (Å²) in [5, 5.41) is 0. The molecule has 7 rings (SSSR count). The molecule has 3 heterocycles. The van der Waals surface area contributed by atoms with Crippen molar-refractivity contribution in [3.8, 4) is 0 Å². The number of carbonyl (C=O) groups is 3. The van der Waals surface area contributed by atoms with Crippen molar-refractivity contribution in [2.24, 2.45) is 11.8 Å². The zero-order chi connectivity index (χ0) is 28.1. The number of rotatable bonds is 5. The van der Waals surface area contributed by atoms with E-state index in [1.54, 1.807) is 6.07 Å². The van der Waals surface area contributed by atoms with Crippen LogP contribution >= 0.6 is 0 Å². The van der Waals surface area contributed by atoms with Crippen LogP contribution in [0.5, 0.6) is 0 Å². The Morgan fingerprint density at radius 2 is 1.27 bits per heavy atom. The number of fused-ring (bicyclic) bond motifs is 5. The summed E-state index contributed by atoms with van der Waals surface area (Å²) in [7, 11) is 0. The van der Waals surface area contributed by atoms with Crippen LogP contribution < -0.4 is 9.80 Å². The third-order valence-electron chi connectivity index (χ3n) is 8.19. The van der Waals surface area contributed by atoms with E-state index in [4.69, 9.17) is 4.74 Å². The van der Waals surface area contributed by atoms with Gasteiger partial charge in [-0.1, -0.05) is 103 Å². The minimum Gasteiger partial charge on any atom is -0.451 e. The van der Waals surface area contributed by atoms with Crippen molar-refractivity contribution >= 4 is 35.2 Å². The molecule has 202 valence electrons. The number of imide groups is 1. The van der Waals surface area contributed by atoms with E-state index in [1.807, 2.05) is 102 Å². The second-order valence-electron chi connectivity index (χ2n) is 10.4. The highest BCUT2D eigenvalue weighted by Gasteiger charge is 2.65. The third kappa shape index (κ3) is 3.96. The topological polar surface area (TPSA) is 66.9 Å². The normalized spacial score (nSPS) is 22.5. The number of hydrogen-bond donors (Lipinski definition) is 0. The lowest BCUT2D eigenvalue weighted by molar-refractivity contribution is -0.151. The van der Waals surface area contributed by atoms with Crippen LogP contribution in [0.1, 0.15) is 22.8 Å². The highest BCUT2D eigenvalue weighted by atomic mass is 19.1. The monoisotopic (exact) mass is 544 g/mol. The molecule has 0 aromatic heterocycles. The standard InChI is InChI=1S/C34H25FN2O4/c35-24-16-8-10-18-26(24)37-32(38)28-27-20-19-21-11-7-9-17-25(21)36(27)30(29(28)33(37)39)34(40)41-31(22-12-3-1-4-13-22)23-14-5-2-6-15-23/h1-20,27-31H/t27-,28-,29+,30-/m0/s1. The number of carbonyl (C=O) groups excluding carboxylic acids is 3. The summed E-state index contributed by atoms with van der Waals surface area (Å²) in [6.07, 6.45) is 3.03. The minimum absolute atomic E-state index is 0.109. The number of amides is 2. The van der Waals surface area contributed by atoms with Crippen LogP contribution in [-0.4, -0.2) is 29.9 Å². The van der Waals surface area contributed by atoms with E-state index in [2.05, 4.69) is 0 Å². The lowest BCUT2D eigenvalue weighted by atomic mass is 9.88. The average Bonchev–Trinajstić information content (AvgIpc) is 3.49. The number of benzene rings is 4. The molecule has 0 aliphatic carbocycles.